The standard InChI is InChI=1S/C15H10BrFN2O3S/c1-19-10-4-5-23-13(10)12(20)11(15(19)22)14(21)18-9-3-2-7(16)6-8(9)17/h2-6,20H,1H3,(H,18,21). The number of carbonyl (C=O) groups is 1. The predicted octanol–water partition coefficient (Wildman–Crippen LogP) is 3.46. The van der Waals surface area contributed by atoms with E-state index in [0.29, 0.717) is 14.7 Å². The van der Waals surface area contributed by atoms with Crippen LogP contribution in [0.25, 0.3) is 10.2 Å². The van der Waals surface area contributed by atoms with Gasteiger partial charge >= 0.3 is 0 Å². The average molecular weight is 397 g/mol. The number of pyridine rings is 1. The Bertz CT molecular complexity index is 996. The zero-order valence-corrected chi connectivity index (χ0v) is 14.2. The summed E-state index contributed by atoms with van der Waals surface area (Å²) in [6.45, 7) is 0. The molecule has 0 bridgehead atoms. The highest BCUT2D eigenvalue weighted by Crippen LogP contribution is 2.31. The molecule has 0 spiro atoms. The lowest BCUT2D eigenvalue weighted by Crippen LogP contribution is -2.28. The van der Waals surface area contributed by atoms with Gasteiger partial charge in [-0.2, -0.15) is 0 Å². The maximum atomic E-state index is 13.8. The van der Waals surface area contributed by atoms with Crippen LogP contribution in [0, 0.1) is 5.82 Å². The number of rotatable bonds is 2. The molecule has 0 aliphatic rings. The van der Waals surface area contributed by atoms with Crippen molar-refractivity contribution >= 4 is 49.1 Å². The minimum absolute atomic E-state index is 0.0778. The number of aromatic hydroxyl groups is 1. The third-order valence-corrected chi connectivity index (χ3v) is 4.79. The molecular weight excluding hydrogens is 387 g/mol. The number of nitrogens with zero attached hydrogens (tertiary/aromatic N) is 1. The van der Waals surface area contributed by atoms with E-state index in [1.165, 1.54) is 35.1 Å². The molecule has 0 radical (unpaired) electrons. The van der Waals surface area contributed by atoms with Gasteiger partial charge in [0.15, 0.2) is 5.75 Å². The van der Waals surface area contributed by atoms with Crippen molar-refractivity contribution in [1.29, 1.82) is 0 Å². The number of hydrogen-bond acceptors (Lipinski definition) is 4. The molecule has 0 aliphatic carbocycles. The van der Waals surface area contributed by atoms with Gasteiger partial charge in [-0.25, -0.2) is 4.39 Å². The van der Waals surface area contributed by atoms with Crippen LogP contribution in [0.15, 0.2) is 38.9 Å². The maximum Gasteiger partial charge on any atom is 0.267 e. The van der Waals surface area contributed by atoms with Crippen molar-refractivity contribution in [3.63, 3.8) is 0 Å². The van der Waals surface area contributed by atoms with Crippen molar-refractivity contribution in [3.05, 3.63) is 55.9 Å². The summed E-state index contributed by atoms with van der Waals surface area (Å²) >= 11 is 4.33. The molecule has 118 valence electrons. The number of aromatic nitrogens is 1. The van der Waals surface area contributed by atoms with Crippen LogP contribution in [-0.4, -0.2) is 15.6 Å². The molecule has 0 atom stereocenters. The van der Waals surface area contributed by atoms with E-state index < -0.39 is 28.6 Å². The first-order valence-corrected chi connectivity index (χ1v) is 8.13. The third-order valence-electron chi connectivity index (χ3n) is 3.38. The molecule has 2 heterocycles. The second-order valence-corrected chi connectivity index (χ2v) is 6.63. The Labute approximate surface area is 142 Å². The highest BCUT2D eigenvalue weighted by atomic mass is 79.9. The summed E-state index contributed by atoms with van der Waals surface area (Å²) in [4.78, 5) is 24.7. The number of thiophene rings is 1. The fraction of sp³-hybridized carbons (Fsp3) is 0.0667. The first-order valence-electron chi connectivity index (χ1n) is 6.45. The number of benzene rings is 1. The minimum Gasteiger partial charge on any atom is -0.505 e. The van der Waals surface area contributed by atoms with Crippen molar-refractivity contribution in [3.8, 4) is 5.75 Å². The Balaban J connectivity index is 2.09. The summed E-state index contributed by atoms with van der Waals surface area (Å²) in [5.74, 6) is -1.91. The number of hydrogen-bond donors (Lipinski definition) is 2. The lowest BCUT2D eigenvalue weighted by Gasteiger charge is -2.10. The van der Waals surface area contributed by atoms with Gasteiger partial charge in [-0.05, 0) is 29.6 Å². The summed E-state index contributed by atoms with van der Waals surface area (Å²) in [6, 6.07) is 5.79. The van der Waals surface area contributed by atoms with E-state index in [1.807, 2.05) is 0 Å². The summed E-state index contributed by atoms with van der Waals surface area (Å²) in [5.41, 5.74) is -0.608. The van der Waals surface area contributed by atoms with E-state index in [-0.39, 0.29) is 5.69 Å². The van der Waals surface area contributed by atoms with Gasteiger partial charge in [0.1, 0.15) is 11.4 Å². The highest BCUT2D eigenvalue weighted by Gasteiger charge is 2.22. The lowest BCUT2D eigenvalue weighted by molar-refractivity contribution is 0.102. The molecule has 3 rings (SSSR count). The third kappa shape index (κ3) is 2.64. The van der Waals surface area contributed by atoms with Gasteiger partial charge in [0.25, 0.3) is 11.5 Å². The van der Waals surface area contributed by atoms with E-state index in [2.05, 4.69) is 21.2 Å². The van der Waals surface area contributed by atoms with E-state index in [4.69, 9.17) is 0 Å². The van der Waals surface area contributed by atoms with Gasteiger partial charge < -0.3 is 15.0 Å². The number of amides is 1. The predicted molar refractivity (Wildman–Crippen MR) is 90.8 cm³/mol. The van der Waals surface area contributed by atoms with Crippen molar-refractivity contribution in [2.45, 2.75) is 0 Å². The van der Waals surface area contributed by atoms with E-state index in [0.717, 1.165) is 0 Å². The van der Waals surface area contributed by atoms with Gasteiger partial charge in [-0.1, -0.05) is 15.9 Å². The fourth-order valence-corrected chi connectivity index (χ4v) is 3.42. The molecule has 0 aliphatic heterocycles. The molecule has 1 aromatic carbocycles. The van der Waals surface area contributed by atoms with E-state index in [9.17, 15) is 19.1 Å². The molecule has 5 nitrogen and oxygen atoms in total. The number of fused-ring (bicyclic) bond motifs is 1. The topological polar surface area (TPSA) is 71.3 Å². The van der Waals surface area contributed by atoms with E-state index >= 15 is 0 Å². The Morgan fingerprint density at radius 2 is 2.13 bits per heavy atom. The number of halogens is 2. The van der Waals surface area contributed by atoms with Crippen LogP contribution < -0.4 is 10.9 Å². The van der Waals surface area contributed by atoms with Crippen LogP contribution in [0.1, 0.15) is 10.4 Å². The zero-order valence-electron chi connectivity index (χ0n) is 11.8. The second-order valence-electron chi connectivity index (χ2n) is 4.80. The van der Waals surface area contributed by atoms with Gasteiger partial charge in [0.2, 0.25) is 0 Å². The number of aryl methyl sites for hydroxylation is 1. The van der Waals surface area contributed by atoms with Crippen LogP contribution in [0.5, 0.6) is 5.75 Å². The van der Waals surface area contributed by atoms with Crippen LogP contribution >= 0.6 is 27.3 Å². The number of anilines is 1. The average Bonchev–Trinajstić information content (AvgIpc) is 2.98. The number of carbonyl (C=O) groups excluding carboxylic acids is 1. The van der Waals surface area contributed by atoms with E-state index in [1.54, 1.807) is 17.5 Å². The van der Waals surface area contributed by atoms with Crippen LogP contribution in [0.4, 0.5) is 10.1 Å². The van der Waals surface area contributed by atoms with Crippen molar-refractivity contribution in [2.75, 3.05) is 5.32 Å². The van der Waals surface area contributed by atoms with Crippen LogP contribution in [0.2, 0.25) is 0 Å². The number of nitrogens with one attached hydrogen (secondary N) is 1. The largest absolute Gasteiger partial charge is 0.505 e. The summed E-state index contributed by atoms with van der Waals surface area (Å²) in [6.07, 6.45) is 0. The lowest BCUT2D eigenvalue weighted by atomic mass is 10.2. The maximum absolute atomic E-state index is 13.8. The molecule has 0 saturated heterocycles. The Hall–Kier alpha value is -2.19. The first kappa shape index (κ1) is 15.7. The summed E-state index contributed by atoms with van der Waals surface area (Å²) in [5, 5.41) is 14.3. The Morgan fingerprint density at radius 3 is 2.83 bits per heavy atom. The first-order chi connectivity index (χ1) is 10.9. The quantitative estimate of drug-likeness (QED) is 0.696. The SMILES string of the molecule is Cn1c(=O)c(C(=O)Nc2ccc(Br)cc2F)c(O)c2sccc21. The van der Waals surface area contributed by atoms with Gasteiger partial charge in [0, 0.05) is 11.5 Å². The summed E-state index contributed by atoms with van der Waals surface area (Å²) in [7, 11) is 1.51. The Morgan fingerprint density at radius 1 is 1.39 bits per heavy atom. The van der Waals surface area contributed by atoms with Gasteiger partial charge in [0.05, 0.1) is 15.9 Å². The molecule has 1 amide bonds. The molecule has 2 N–H and O–H groups in total. The van der Waals surface area contributed by atoms with Gasteiger partial charge in [-0.3, -0.25) is 9.59 Å². The molecule has 0 saturated carbocycles. The summed E-state index contributed by atoms with van der Waals surface area (Å²) < 4.78 is 16.0. The van der Waals surface area contributed by atoms with Crippen LogP contribution in [-0.2, 0) is 7.05 Å². The zero-order chi connectivity index (χ0) is 16.7. The smallest absolute Gasteiger partial charge is 0.267 e. The normalized spacial score (nSPS) is 10.9. The molecule has 8 heteroatoms. The van der Waals surface area contributed by atoms with Crippen molar-refractivity contribution in [1.82, 2.24) is 4.57 Å². The van der Waals surface area contributed by atoms with Gasteiger partial charge in [-0.15, -0.1) is 11.3 Å². The minimum atomic E-state index is -0.861. The molecule has 0 fully saturated rings. The molecular formula is C15H10BrFN2O3S. The van der Waals surface area contributed by atoms with Crippen molar-refractivity contribution < 1.29 is 14.3 Å². The van der Waals surface area contributed by atoms with Crippen LogP contribution in [0.3, 0.4) is 0 Å². The Kier molecular flexibility index (Phi) is 3.95. The molecule has 2 aromatic heterocycles. The molecule has 0 unspecified atom stereocenters. The fourth-order valence-electron chi connectivity index (χ4n) is 2.22. The highest BCUT2D eigenvalue weighted by molar-refractivity contribution is 9.10. The second kappa shape index (κ2) is 5.78. The molecule has 3 aromatic rings. The monoisotopic (exact) mass is 396 g/mol. The van der Waals surface area contributed by atoms with Crippen molar-refractivity contribution in [2.24, 2.45) is 7.05 Å². The molecule has 23 heavy (non-hydrogen) atoms.